The van der Waals surface area contributed by atoms with Crippen LogP contribution in [0.25, 0.3) is 55.0 Å². The third-order valence-corrected chi connectivity index (χ3v) is 15.7. The van der Waals surface area contributed by atoms with Gasteiger partial charge in [0, 0.05) is 50.0 Å². The van der Waals surface area contributed by atoms with E-state index in [9.17, 15) is 0 Å². The maximum absolute atomic E-state index is 7.00. The molecule has 0 saturated heterocycles. The van der Waals surface area contributed by atoms with Crippen molar-refractivity contribution in [1.82, 2.24) is 0 Å². The molecular weight excluding hydrogens is 877 g/mol. The summed E-state index contributed by atoms with van der Waals surface area (Å²) in [6.45, 7) is 30.4. The molecule has 0 N–H and O–H groups in total. The van der Waals surface area contributed by atoms with Gasteiger partial charge in [0.1, 0.15) is 22.3 Å². The third kappa shape index (κ3) is 8.17. The van der Waals surface area contributed by atoms with Gasteiger partial charge in [-0.05, 0) is 147 Å². The minimum atomic E-state index is -0.219. The molecule has 364 valence electrons. The van der Waals surface area contributed by atoms with Crippen molar-refractivity contribution in [2.24, 2.45) is 0 Å². The zero-order valence-corrected chi connectivity index (χ0v) is 44.7. The molecule has 8 aromatic carbocycles. The highest BCUT2D eigenvalue weighted by Crippen LogP contribution is 2.52. The first-order valence-corrected chi connectivity index (χ1v) is 26.0. The number of nitrogens with zero attached hydrogens (tertiary/aromatic N) is 2. The molecule has 4 nitrogen and oxygen atoms in total. The molecule has 4 heteroatoms. The fourth-order valence-electron chi connectivity index (χ4n) is 11.4. The normalized spacial score (nSPS) is 14.8. The molecule has 2 heterocycles. The molecule has 0 atom stereocenters. The van der Waals surface area contributed by atoms with Gasteiger partial charge in [0.25, 0.3) is 0 Å². The minimum absolute atomic E-state index is 0.0123. The van der Waals surface area contributed by atoms with Crippen LogP contribution in [0, 0.1) is 0 Å². The van der Waals surface area contributed by atoms with E-state index in [-0.39, 0.29) is 27.1 Å². The Bertz CT molecular complexity index is 3710. The van der Waals surface area contributed by atoms with E-state index < -0.39 is 0 Å². The highest BCUT2D eigenvalue weighted by molar-refractivity contribution is 6.15. The summed E-state index contributed by atoms with van der Waals surface area (Å²) in [5.74, 6) is 0. The molecule has 0 unspecified atom stereocenters. The lowest BCUT2D eigenvalue weighted by molar-refractivity contribution is 0.332. The van der Waals surface area contributed by atoms with Crippen LogP contribution in [-0.4, -0.2) is 0 Å². The van der Waals surface area contributed by atoms with Gasteiger partial charge in [-0.1, -0.05) is 175 Å². The largest absolute Gasteiger partial charge is 0.456 e. The van der Waals surface area contributed by atoms with Crippen molar-refractivity contribution in [3.63, 3.8) is 0 Å². The van der Waals surface area contributed by atoms with Crippen molar-refractivity contribution in [1.29, 1.82) is 0 Å². The molecule has 72 heavy (non-hydrogen) atoms. The van der Waals surface area contributed by atoms with Crippen molar-refractivity contribution >= 4 is 78.0 Å². The minimum Gasteiger partial charge on any atom is -0.456 e. The number of hydrogen-bond acceptors (Lipinski definition) is 4. The lowest BCUT2D eigenvalue weighted by Gasteiger charge is -2.42. The average molecular weight is 947 g/mol. The molecule has 0 amide bonds. The monoisotopic (exact) mass is 947 g/mol. The summed E-state index contributed by atoms with van der Waals surface area (Å²) in [5, 5.41) is 4.41. The highest BCUT2D eigenvalue weighted by Gasteiger charge is 2.38. The van der Waals surface area contributed by atoms with Gasteiger partial charge in [-0.15, -0.1) is 0 Å². The molecule has 10 aromatic rings. The summed E-state index contributed by atoms with van der Waals surface area (Å²) < 4.78 is 13.5. The molecular formula is C68H70N2O2. The van der Waals surface area contributed by atoms with E-state index in [1.165, 1.54) is 33.4 Å². The zero-order chi connectivity index (χ0) is 50.7. The van der Waals surface area contributed by atoms with E-state index in [0.717, 1.165) is 96.4 Å². The van der Waals surface area contributed by atoms with Gasteiger partial charge in [-0.2, -0.15) is 0 Å². The van der Waals surface area contributed by atoms with Crippen LogP contribution in [-0.2, 0) is 27.1 Å². The van der Waals surface area contributed by atoms with E-state index >= 15 is 0 Å². The van der Waals surface area contributed by atoms with Crippen molar-refractivity contribution in [3.8, 4) is 11.1 Å². The maximum Gasteiger partial charge on any atom is 0.139 e. The van der Waals surface area contributed by atoms with E-state index in [1.54, 1.807) is 0 Å². The van der Waals surface area contributed by atoms with E-state index in [2.05, 4.69) is 264 Å². The summed E-state index contributed by atoms with van der Waals surface area (Å²) in [5.41, 5.74) is 18.6. The van der Waals surface area contributed by atoms with Gasteiger partial charge in [0.05, 0.1) is 16.8 Å². The molecule has 11 rings (SSSR count). The third-order valence-electron chi connectivity index (χ3n) is 15.7. The molecule has 0 bridgehead atoms. The van der Waals surface area contributed by atoms with Crippen LogP contribution < -0.4 is 9.80 Å². The predicted octanol–water partition coefficient (Wildman–Crippen LogP) is 20.3. The second kappa shape index (κ2) is 16.8. The molecule has 2 aromatic heterocycles. The van der Waals surface area contributed by atoms with E-state index in [0.29, 0.717) is 0 Å². The topological polar surface area (TPSA) is 32.8 Å². The predicted molar refractivity (Wildman–Crippen MR) is 307 cm³/mol. The lowest BCUT2D eigenvalue weighted by Crippen LogP contribution is -2.34. The van der Waals surface area contributed by atoms with Crippen molar-refractivity contribution in [2.75, 3.05) is 9.80 Å². The number of rotatable bonds is 7. The van der Waals surface area contributed by atoms with Gasteiger partial charge in [0.15, 0.2) is 0 Å². The highest BCUT2D eigenvalue weighted by atomic mass is 16.3. The quantitative estimate of drug-likeness (QED) is 0.159. The molecule has 0 spiro atoms. The van der Waals surface area contributed by atoms with E-state index in [1.807, 2.05) is 0 Å². The smallest absolute Gasteiger partial charge is 0.139 e. The molecule has 1 aliphatic rings. The Morgan fingerprint density at radius 1 is 0.403 bits per heavy atom. The summed E-state index contributed by atoms with van der Waals surface area (Å²) in [4.78, 5) is 5.03. The number of benzene rings is 8. The fraction of sp³-hybridized carbons (Fsp3) is 0.294. The van der Waals surface area contributed by atoms with Crippen LogP contribution in [0.3, 0.4) is 0 Å². The van der Waals surface area contributed by atoms with Crippen LogP contribution in [0.1, 0.15) is 131 Å². The number of fused-ring (bicyclic) bond motifs is 7. The lowest BCUT2D eigenvalue weighted by atomic mass is 9.63. The first-order chi connectivity index (χ1) is 34.1. The molecule has 1 aliphatic carbocycles. The summed E-state index contributed by atoms with van der Waals surface area (Å²) >= 11 is 0. The first-order valence-electron chi connectivity index (χ1n) is 26.0. The Morgan fingerprint density at radius 2 is 1.01 bits per heavy atom. The number of furan rings is 2. The summed E-state index contributed by atoms with van der Waals surface area (Å²) in [6, 6.07) is 61.0. The number of para-hydroxylation sites is 2. The van der Waals surface area contributed by atoms with E-state index in [4.69, 9.17) is 8.83 Å². The average Bonchev–Trinajstić information content (AvgIpc) is 3.91. The van der Waals surface area contributed by atoms with Crippen LogP contribution in [0.2, 0.25) is 0 Å². The second-order valence-corrected chi connectivity index (χ2v) is 25.0. The standard InChI is InChI=1S/C68H70N2O2/c1-64(2,3)44-29-33-57(52(39-44)43-21-15-14-16-22-43)70(58-26-20-28-61-62(58)51-24-19-25-55(63(51)72-61)66(7,8)9)49-38-45(65(4,5)6)37-48(40-49)69(46-31-34-60-53(41-46)50-23-17-18-27-59(50)71-60)47-30-32-54-56(42-47)68(12,13)36-35-67(54,10)11/h14-34,37-42H,35-36H2,1-13H3. The van der Waals surface area contributed by atoms with Gasteiger partial charge in [-0.3, -0.25) is 0 Å². The van der Waals surface area contributed by atoms with Gasteiger partial charge < -0.3 is 18.6 Å². The summed E-state index contributed by atoms with van der Waals surface area (Å²) in [7, 11) is 0. The van der Waals surface area contributed by atoms with Gasteiger partial charge >= 0.3 is 0 Å². The van der Waals surface area contributed by atoms with Crippen molar-refractivity contribution in [3.05, 3.63) is 192 Å². The second-order valence-electron chi connectivity index (χ2n) is 25.0. The maximum atomic E-state index is 7.00. The van der Waals surface area contributed by atoms with Gasteiger partial charge in [-0.25, -0.2) is 0 Å². The number of hydrogen-bond donors (Lipinski definition) is 0. The Kier molecular flexibility index (Phi) is 11.0. The van der Waals surface area contributed by atoms with Crippen LogP contribution >= 0.6 is 0 Å². The Balaban J connectivity index is 1.25. The van der Waals surface area contributed by atoms with Gasteiger partial charge in [0.2, 0.25) is 0 Å². The van der Waals surface area contributed by atoms with Crippen LogP contribution in [0.15, 0.2) is 173 Å². The molecule has 0 aliphatic heterocycles. The zero-order valence-electron chi connectivity index (χ0n) is 44.7. The Labute approximate surface area is 427 Å². The Hall–Kier alpha value is -7.04. The summed E-state index contributed by atoms with van der Waals surface area (Å²) in [6.07, 6.45) is 2.29. The van der Waals surface area contributed by atoms with Crippen LogP contribution in [0.4, 0.5) is 34.1 Å². The Morgan fingerprint density at radius 3 is 1.74 bits per heavy atom. The van der Waals surface area contributed by atoms with Crippen molar-refractivity contribution in [2.45, 2.75) is 130 Å². The molecule has 0 fully saturated rings. The molecule has 0 saturated carbocycles. The molecule has 0 radical (unpaired) electrons. The van der Waals surface area contributed by atoms with Crippen molar-refractivity contribution < 1.29 is 8.83 Å². The number of anilines is 6. The van der Waals surface area contributed by atoms with Crippen LogP contribution in [0.5, 0.6) is 0 Å². The SMILES string of the molecule is CC(C)(C)c1cc(N(c2ccc3c(c2)C(C)(C)CCC3(C)C)c2ccc3oc4ccccc4c3c2)cc(N(c2ccc(C(C)(C)C)cc2-c2ccccc2)c2cccc3oc4c(C(C)(C)C)cccc4c23)c1. The first kappa shape index (κ1) is 47.3. The fourth-order valence-corrected chi connectivity index (χ4v) is 11.4.